The molecule has 1 aliphatic rings. The summed E-state index contributed by atoms with van der Waals surface area (Å²) in [4.78, 5) is 36.3. The molecule has 1 N–H and O–H groups in total. The predicted octanol–water partition coefficient (Wildman–Crippen LogP) is 0.446. The number of thioether (sulfide) groups is 1. The molecule has 45 heavy (non-hydrogen) atoms. The van der Waals surface area contributed by atoms with Gasteiger partial charge >= 0.3 is 29.6 Å². The molecule has 0 bridgehead atoms. The number of rotatable bonds is 28. The van der Waals surface area contributed by atoms with Gasteiger partial charge in [-0.15, -0.1) is 18.0 Å². The number of hydrogen-bond acceptors (Lipinski definition) is 11. The number of nitrogens with one attached hydrogen (secondary N) is 1. The number of fused-ring (bicyclic) bond motifs is 1. The number of ether oxygens (including phenoxy) is 6. The molecule has 2 rings (SSSR count). The molecular weight excluding hydrogens is 613 g/mol. The number of carbonyl (C=O) groups excluding carboxylic acids is 3. The Bertz CT molecular complexity index is 1010. The number of anilines is 1. The number of benzene rings is 1. The molecule has 13 heteroatoms. The summed E-state index contributed by atoms with van der Waals surface area (Å²) >= 11 is 1.41. The summed E-state index contributed by atoms with van der Waals surface area (Å²) in [5.74, 6) is -0.604. The van der Waals surface area contributed by atoms with E-state index in [-0.39, 0.29) is 64.2 Å². The van der Waals surface area contributed by atoms with Crippen LogP contribution in [0, 0.1) is 0 Å². The van der Waals surface area contributed by atoms with Crippen molar-refractivity contribution in [2.24, 2.45) is 0 Å². The van der Waals surface area contributed by atoms with Gasteiger partial charge in [-0.1, -0.05) is 39.0 Å². The van der Waals surface area contributed by atoms with Crippen molar-refractivity contribution in [3.63, 3.8) is 0 Å². The van der Waals surface area contributed by atoms with Gasteiger partial charge in [0.25, 0.3) is 0 Å². The first-order chi connectivity index (χ1) is 21.6. The molecule has 0 saturated carbocycles. The Kier molecular flexibility index (Phi) is 25.7. The summed E-state index contributed by atoms with van der Waals surface area (Å²) in [5, 5.41) is 13.7. The van der Waals surface area contributed by atoms with E-state index in [2.05, 4.69) is 12.2 Å². The van der Waals surface area contributed by atoms with Crippen molar-refractivity contribution < 1.29 is 77.5 Å². The first-order valence-corrected chi connectivity index (χ1v) is 16.6. The number of carbonyl (C=O) groups is 3. The van der Waals surface area contributed by atoms with Crippen LogP contribution in [0.1, 0.15) is 66.2 Å². The van der Waals surface area contributed by atoms with E-state index in [1.165, 1.54) is 62.1 Å². The largest absolute Gasteiger partial charge is 1.00 e. The van der Waals surface area contributed by atoms with Crippen LogP contribution in [0.2, 0.25) is 0 Å². The predicted molar refractivity (Wildman–Crippen MR) is 167 cm³/mol. The van der Waals surface area contributed by atoms with Gasteiger partial charge in [0.15, 0.2) is 11.6 Å². The molecule has 0 aromatic heterocycles. The van der Waals surface area contributed by atoms with Crippen molar-refractivity contribution in [1.29, 1.82) is 0 Å². The topological polar surface area (TPSA) is 142 Å². The van der Waals surface area contributed by atoms with Crippen molar-refractivity contribution in [3.8, 4) is 0 Å². The minimum atomic E-state index is -0.614. The first kappa shape index (κ1) is 41.7. The van der Waals surface area contributed by atoms with E-state index in [0.717, 1.165) is 13.0 Å². The molecule has 0 radical (unpaired) electrons. The average Bonchev–Trinajstić information content (AvgIpc) is 3.26. The van der Waals surface area contributed by atoms with E-state index in [1.807, 2.05) is 0 Å². The smallest absolute Gasteiger partial charge is 0.877 e. The number of allylic oxidation sites excluding steroid dienone is 1. The van der Waals surface area contributed by atoms with Gasteiger partial charge in [0.05, 0.1) is 84.0 Å². The molecule has 0 unspecified atom stereocenters. The number of unbranched alkanes of at least 4 members (excludes halogenated alkanes) is 5. The normalized spacial score (nSPS) is 13.3. The fourth-order valence-corrected chi connectivity index (χ4v) is 4.81. The van der Waals surface area contributed by atoms with Crippen LogP contribution >= 0.6 is 11.8 Å². The third kappa shape index (κ3) is 18.6. The van der Waals surface area contributed by atoms with E-state index in [1.54, 1.807) is 0 Å². The maximum absolute atomic E-state index is 12.2. The van der Waals surface area contributed by atoms with E-state index in [0.29, 0.717) is 84.1 Å². The van der Waals surface area contributed by atoms with Gasteiger partial charge in [-0.3, -0.25) is 14.4 Å². The molecule has 1 aliphatic carbocycles. The Morgan fingerprint density at radius 1 is 0.711 bits per heavy atom. The number of amides is 1. The second-order valence-corrected chi connectivity index (χ2v) is 11.1. The minimum absolute atomic E-state index is 0. The van der Waals surface area contributed by atoms with Gasteiger partial charge in [-0.2, -0.15) is 0 Å². The van der Waals surface area contributed by atoms with Gasteiger partial charge < -0.3 is 38.8 Å². The maximum atomic E-state index is 12.2. The van der Waals surface area contributed by atoms with Crippen LogP contribution in [-0.2, 0) is 33.2 Å². The molecule has 0 spiro atoms. The van der Waals surface area contributed by atoms with Crippen LogP contribution < -0.4 is 40.0 Å². The summed E-state index contributed by atoms with van der Waals surface area (Å²) in [7, 11) is 0. The Morgan fingerprint density at radius 3 is 1.76 bits per heavy atom. The molecule has 0 fully saturated rings. The van der Waals surface area contributed by atoms with E-state index >= 15 is 0 Å². The van der Waals surface area contributed by atoms with Crippen LogP contribution in [0.4, 0.5) is 5.69 Å². The van der Waals surface area contributed by atoms with Gasteiger partial charge in [0, 0.05) is 29.2 Å². The summed E-state index contributed by atoms with van der Waals surface area (Å²) in [6.45, 7) is 8.65. The Balaban J connectivity index is 0.0000101. The van der Waals surface area contributed by atoms with E-state index < -0.39 is 11.6 Å². The Morgan fingerprint density at radius 2 is 1.20 bits per heavy atom. The van der Waals surface area contributed by atoms with E-state index in [4.69, 9.17) is 28.4 Å². The molecule has 0 atom stereocenters. The second-order valence-electron chi connectivity index (χ2n) is 9.99. The zero-order chi connectivity index (χ0) is 31.7. The van der Waals surface area contributed by atoms with Gasteiger partial charge in [0.1, 0.15) is 0 Å². The standard InChI is InChI=1S/C32H49NO10S.Na/c1-2-3-4-5-6-7-10-38-11-12-39-13-14-40-15-16-41-17-18-42-19-20-43-21-22-44-25-30(35)33-26-8-9-27-28(23-26)32(37)29(24-34)31(27)36;/h8-9,23-24,34H,2-7,10-22,25H2,1H3,(H,33,35);/q;+1/p-1/b29-24-;. The molecule has 1 amide bonds. The van der Waals surface area contributed by atoms with Crippen LogP contribution in [0.25, 0.3) is 0 Å². The molecule has 0 aliphatic heterocycles. The van der Waals surface area contributed by atoms with Crippen LogP contribution in [0.5, 0.6) is 0 Å². The van der Waals surface area contributed by atoms with Crippen molar-refractivity contribution in [2.45, 2.75) is 45.4 Å². The van der Waals surface area contributed by atoms with Crippen molar-refractivity contribution in [3.05, 3.63) is 41.2 Å². The first-order valence-electron chi connectivity index (χ1n) is 15.5. The third-order valence-electron chi connectivity index (χ3n) is 6.51. The van der Waals surface area contributed by atoms with Crippen LogP contribution in [-0.4, -0.2) is 108 Å². The average molecular weight is 662 g/mol. The fourth-order valence-electron chi connectivity index (χ4n) is 4.17. The van der Waals surface area contributed by atoms with Crippen LogP contribution in [0.3, 0.4) is 0 Å². The maximum Gasteiger partial charge on any atom is 1.00 e. The van der Waals surface area contributed by atoms with Crippen molar-refractivity contribution >= 4 is 34.9 Å². The molecular formula is C32H48NNaO10S. The molecule has 1 aromatic carbocycles. The molecule has 11 nitrogen and oxygen atoms in total. The van der Waals surface area contributed by atoms with E-state index in [9.17, 15) is 19.5 Å². The summed E-state index contributed by atoms with van der Waals surface area (Å²) in [6, 6.07) is 4.40. The quantitative estimate of drug-likeness (QED) is 0.0440. The molecule has 248 valence electrons. The third-order valence-corrected chi connectivity index (χ3v) is 7.43. The molecule has 0 heterocycles. The number of hydrogen-bond donors (Lipinski definition) is 1. The summed E-state index contributed by atoms with van der Waals surface area (Å²) in [5.41, 5.74) is 0.321. The van der Waals surface area contributed by atoms with Crippen LogP contribution in [0.15, 0.2) is 30.0 Å². The summed E-state index contributed by atoms with van der Waals surface area (Å²) < 4.78 is 33.0. The second kappa shape index (κ2) is 27.8. The SMILES string of the molecule is CCCCCCCCOCCOCCOCCOCCOCCOCCSCC(=O)Nc1ccc2c(c1)C(=O)/C(=C\[O-])C2=O.[Na+]. The monoisotopic (exact) mass is 661 g/mol. The van der Waals surface area contributed by atoms with Gasteiger partial charge in [0.2, 0.25) is 5.91 Å². The number of Topliss-reactive ketones (excluding diaryl/α,β-unsaturated/α-hetero) is 2. The molecule has 0 saturated heterocycles. The minimum Gasteiger partial charge on any atom is -0.877 e. The zero-order valence-electron chi connectivity index (χ0n) is 26.9. The fraction of sp³-hybridized carbons (Fsp3) is 0.656. The van der Waals surface area contributed by atoms with Crippen molar-refractivity contribution in [2.75, 3.05) is 96.1 Å². The Hall–Kier alpha value is -1.32. The number of ketones is 2. The summed E-state index contributed by atoms with van der Waals surface area (Å²) in [6.07, 6.45) is 7.87. The molecule has 1 aromatic rings. The van der Waals surface area contributed by atoms with Gasteiger partial charge in [-0.25, -0.2) is 0 Å². The Labute approximate surface area is 293 Å². The van der Waals surface area contributed by atoms with Crippen molar-refractivity contribution in [1.82, 2.24) is 0 Å². The zero-order valence-corrected chi connectivity index (χ0v) is 29.8. The van der Waals surface area contributed by atoms with Gasteiger partial charge in [-0.05, 0) is 24.6 Å².